The first-order valence-corrected chi connectivity index (χ1v) is 9.66. The Bertz CT molecular complexity index is 1240. The lowest BCUT2D eigenvalue weighted by Crippen LogP contribution is -2.16. The summed E-state index contributed by atoms with van der Waals surface area (Å²) >= 11 is 0. The second-order valence-electron chi connectivity index (χ2n) is 6.86. The van der Waals surface area contributed by atoms with Crippen molar-refractivity contribution in [3.8, 4) is 22.8 Å². The summed E-state index contributed by atoms with van der Waals surface area (Å²) in [5.41, 5.74) is -0.00222. The van der Waals surface area contributed by atoms with Crippen molar-refractivity contribution in [1.29, 1.82) is 0 Å². The van der Waals surface area contributed by atoms with E-state index in [1.54, 1.807) is 31.4 Å². The summed E-state index contributed by atoms with van der Waals surface area (Å²) in [4.78, 5) is 20.5. The molecule has 33 heavy (non-hydrogen) atoms. The average Bonchev–Trinajstić information content (AvgIpc) is 3.50. The van der Waals surface area contributed by atoms with Gasteiger partial charge in [-0.2, -0.15) is 23.3 Å². The van der Waals surface area contributed by atoms with Gasteiger partial charge < -0.3 is 14.6 Å². The number of nitrogens with one attached hydrogen (secondary N) is 1. The number of nitrogens with zero attached hydrogens (tertiary/aromatic N) is 5. The largest absolute Gasteiger partial charge is 0.497 e. The molecule has 1 N–H and O–H groups in total. The van der Waals surface area contributed by atoms with Crippen LogP contribution in [0.15, 0.2) is 59.6 Å². The molecule has 170 valence electrons. The molecule has 12 heteroatoms. The van der Waals surface area contributed by atoms with E-state index in [-0.39, 0.29) is 30.1 Å². The van der Waals surface area contributed by atoms with E-state index >= 15 is 0 Å². The van der Waals surface area contributed by atoms with Crippen LogP contribution < -0.4 is 10.1 Å². The van der Waals surface area contributed by atoms with Crippen molar-refractivity contribution in [2.24, 2.45) is 0 Å². The van der Waals surface area contributed by atoms with Gasteiger partial charge in [0.05, 0.1) is 24.0 Å². The second-order valence-corrected chi connectivity index (χ2v) is 6.86. The molecule has 0 saturated carbocycles. The van der Waals surface area contributed by atoms with E-state index < -0.39 is 17.6 Å². The van der Waals surface area contributed by atoms with Crippen molar-refractivity contribution in [2.75, 3.05) is 12.4 Å². The molecular formula is C21H17F3N6O3. The van der Waals surface area contributed by atoms with Crippen molar-refractivity contribution in [3.05, 3.63) is 66.6 Å². The van der Waals surface area contributed by atoms with Gasteiger partial charge in [-0.15, -0.1) is 0 Å². The van der Waals surface area contributed by atoms with E-state index in [2.05, 4.69) is 25.5 Å². The number of hydrogen-bond acceptors (Lipinski definition) is 7. The monoisotopic (exact) mass is 458 g/mol. The summed E-state index contributed by atoms with van der Waals surface area (Å²) < 4.78 is 51.0. The van der Waals surface area contributed by atoms with Crippen LogP contribution in [0.4, 0.5) is 18.9 Å². The molecule has 0 saturated heterocycles. The maximum atomic E-state index is 13.2. The molecule has 0 aliphatic heterocycles. The lowest BCUT2D eigenvalue weighted by Gasteiger charge is -2.14. The number of carbonyl (C=O) groups excluding carboxylic acids is 1. The van der Waals surface area contributed by atoms with Crippen LogP contribution in [0, 0.1) is 0 Å². The molecule has 2 aromatic carbocycles. The zero-order chi connectivity index (χ0) is 23.4. The Morgan fingerprint density at radius 1 is 1.18 bits per heavy atom. The Labute approximate surface area is 185 Å². The van der Waals surface area contributed by atoms with Gasteiger partial charge in [0.25, 0.3) is 0 Å². The molecule has 1 amide bonds. The van der Waals surface area contributed by atoms with Gasteiger partial charge >= 0.3 is 6.18 Å². The maximum absolute atomic E-state index is 13.2. The quantitative estimate of drug-likeness (QED) is 0.447. The van der Waals surface area contributed by atoms with Crippen LogP contribution in [0.3, 0.4) is 0 Å². The molecule has 0 spiro atoms. The molecule has 4 aromatic rings. The van der Waals surface area contributed by atoms with Crippen LogP contribution in [0.2, 0.25) is 0 Å². The molecule has 4 rings (SSSR count). The first kappa shape index (κ1) is 22.0. The Kier molecular flexibility index (Phi) is 6.07. The van der Waals surface area contributed by atoms with Gasteiger partial charge in [0.15, 0.2) is 0 Å². The Hall–Kier alpha value is -4.22. The number of aromatic nitrogens is 5. The van der Waals surface area contributed by atoms with E-state index in [0.717, 1.165) is 12.1 Å². The molecule has 2 aromatic heterocycles. The van der Waals surface area contributed by atoms with Crippen LogP contribution in [0.25, 0.3) is 17.1 Å². The molecule has 0 unspecified atom stereocenters. The van der Waals surface area contributed by atoms with E-state index in [4.69, 9.17) is 9.26 Å². The topological polar surface area (TPSA) is 108 Å². The van der Waals surface area contributed by atoms with Gasteiger partial charge in [-0.05, 0) is 42.5 Å². The highest BCUT2D eigenvalue weighted by Gasteiger charge is 2.31. The fourth-order valence-electron chi connectivity index (χ4n) is 2.99. The van der Waals surface area contributed by atoms with Crippen molar-refractivity contribution < 1.29 is 27.2 Å². The summed E-state index contributed by atoms with van der Waals surface area (Å²) in [5, 5.41) is 10.3. The first-order chi connectivity index (χ1) is 15.8. The highest BCUT2D eigenvalue weighted by Crippen LogP contribution is 2.33. The van der Waals surface area contributed by atoms with Crippen molar-refractivity contribution in [3.63, 3.8) is 0 Å². The number of halogens is 3. The molecule has 0 fully saturated rings. The molecular weight excluding hydrogens is 441 g/mol. The molecule has 0 aliphatic rings. The smallest absolute Gasteiger partial charge is 0.416 e. The Morgan fingerprint density at radius 3 is 2.64 bits per heavy atom. The third kappa shape index (κ3) is 5.17. The Balaban J connectivity index is 1.45. The summed E-state index contributed by atoms with van der Waals surface area (Å²) in [6.07, 6.45) is -2.00. The molecule has 0 bridgehead atoms. The lowest BCUT2D eigenvalue weighted by molar-refractivity contribution is -0.137. The van der Waals surface area contributed by atoms with E-state index in [1.807, 2.05) is 0 Å². The molecule has 0 aliphatic carbocycles. The number of anilines is 1. The summed E-state index contributed by atoms with van der Waals surface area (Å²) in [7, 11) is 1.56. The number of benzene rings is 2. The van der Waals surface area contributed by atoms with Crippen LogP contribution in [0.5, 0.6) is 5.75 Å². The maximum Gasteiger partial charge on any atom is 0.416 e. The van der Waals surface area contributed by atoms with Crippen LogP contribution in [0.1, 0.15) is 17.9 Å². The summed E-state index contributed by atoms with van der Waals surface area (Å²) in [5.74, 6) is 0.717. The van der Waals surface area contributed by atoms with Gasteiger partial charge in [-0.25, -0.2) is 9.67 Å². The predicted octanol–water partition coefficient (Wildman–Crippen LogP) is 3.92. The second kappa shape index (κ2) is 9.10. The minimum Gasteiger partial charge on any atom is -0.497 e. The SMILES string of the molecule is COc1ccc(-c2noc(CCC(=O)Nc3cc(C(F)(F)F)ccc3-n3cncn3)n2)cc1. The number of ether oxygens (including phenoxy) is 1. The van der Waals surface area contributed by atoms with E-state index in [1.165, 1.54) is 23.4 Å². The number of carbonyl (C=O) groups is 1. The third-order valence-electron chi connectivity index (χ3n) is 4.65. The van der Waals surface area contributed by atoms with E-state index in [0.29, 0.717) is 17.1 Å². The number of amides is 1. The summed E-state index contributed by atoms with van der Waals surface area (Å²) in [6.45, 7) is 0. The van der Waals surface area contributed by atoms with Crippen molar-refractivity contribution in [2.45, 2.75) is 19.0 Å². The fraction of sp³-hybridized carbons (Fsp3) is 0.190. The minimum absolute atomic E-state index is 0.0511. The van der Waals surface area contributed by atoms with Crippen molar-refractivity contribution >= 4 is 11.6 Å². The predicted molar refractivity (Wildman–Crippen MR) is 110 cm³/mol. The number of rotatable bonds is 7. The molecule has 0 radical (unpaired) electrons. The number of methoxy groups -OCH3 is 1. The van der Waals surface area contributed by atoms with Gasteiger partial charge in [0.1, 0.15) is 18.4 Å². The van der Waals surface area contributed by atoms with Gasteiger partial charge in [0, 0.05) is 18.4 Å². The summed E-state index contributed by atoms with van der Waals surface area (Å²) in [6, 6.07) is 10.0. The molecule has 0 atom stereocenters. The average molecular weight is 458 g/mol. The van der Waals surface area contributed by atoms with Crippen molar-refractivity contribution in [1.82, 2.24) is 24.9 Å². The highest BCUT2D eigenvalue weighted by molar-refractivity contribution is 5.93. The van der Waals surface area contributed by atoms with Gasteiger partial charge in [-0.1, -0.05) is 5.16 Å². The molecule has 2 heterocycles. The molecule has 9 nitrogen and oxygen atoms in total. The minimum atomic E-state index is -4.57. The van der Waals surface area contributed by atoms with Crippen LogP contribution in [-0.2, 0) is 17.4 Å². The standard InChI is InChI=1S/C21H17F3N6O3/c1-32-15-5-2-13(3-6-15)20-28-19(33-29-20)9-8-18(31)27-16-10-14(21(22,23)24)4-7-17(16)30-12-25-11-26-30/h2-7,10-12H,8-9H2,1H3,(H,27,31). The fourth-order valence-corrected chi connectivity index (χ4v) is 2.99. The third-order valence-corrected chi connectivity index (χ3v) is 4.65. The first-order valence-electron chi connectivity index (χ1n) is 9.66. The van der Waals surface area contributed by atoms with Crippen LogP contribution in [-0.4, -0.2) is 37.9 Å². The number of aryl methyl sites for hydroxylation is 1. The zero-order valence-electron chi connectivity index (χ0n) is 17.2. The number of alkyl halides is 3. The lowest BCUT2D eigenvalue weighted by atomic mass is 10.1. The normalized spacial score (nSPS) is 11.4. The van der Waals surface area contributed by atoms with E-state index in [9.17, 15) is 18.0 Å². The highest BCUT2D eigenvalue weighted by atomic mass is 19.4. The zero-order valence-corrected chi connectivity index (χ0v) is 17.2. The van der Waals surface area contributed by atoms with Gasteiger partial charge in [-0.3, -0.25) is 4.79 Å². The van der Waals surface area contributed by atoms with Gasteiger partial charge in [0.2, 0.25) is 17.6 Å². The van der Waals surface area contributed by atoms with Crippen LogP contribution >= 0.6 is 0 Å². The Morgan fingerprint density at radius 2 is 1.97 bits per heavy atom. The number of hydrogen-bond donors (Lipinski definition) is 1.